The number of nitrogens with two attached hydrogens (primary N) is 2. The molecule has 0 spiro atoms. The van der Waals surface area contributed by atoms with Crippen molar-refractivity contribution in [2.75, 3.05) is 24.7 Å². The lowest BCUT2D eigenvalue weighted by Gasteiger charge is -2.13. The summed E-state index contributed by atoms with van der Waals surface area (Å²) in [5.74, 6) is 3.83. The van der Waals surface area contributed by atoms with Gasteiger partial charge in [-0.05, 0) is 62.8 Å². The maximum Gasteiger partial charge on any atom is 0.119 e. The molecule has 30 heavy (non-hydrogen) atoms. The molecule has 0 unspecified atom stereocenters. The van der Waals surface area contributed by atoms with E-state index in [0.29, 0.717) is 0 Å². The molecule has 166 valence electrons. The molecule has 4 nitrogen and oxygen atoms in total. The van der Waals surface area contributed by atoms with Gasteiger partial charge in [-0.15, -0.1) is 0 Å². The average molecular weight is 449 g/mol. The predicted octanol–water partition coefficient (Wildman–Crippen LogP) is 5.52. The van der Waals surface area contributed by atoms with Crippen molar-refractivity contribution in [3.8, 4) is 11.5 Å². The Hall–Kier alpha value is -1.34. The van der Waals surface area contributed by atoms with Crippen LogP contribution in [0.5, 0.6) is 11.5 Å². The highest BCUT2D eigenvalue weighted by atomic mass is 33.1. The molecule has 0 heterocycles. The molecule has 0 aliphatic heterocycles. The Morgan fingerprint density at radius 1 is 0.600 bits per heavy atom. The Morgan fingerprint density at radius 2 is 1.00 bits per heavy atom. The third kappa shape index (κ3) is 12.4. The predicted molar refractivity (Wildman–Crippen MR) is 132 cm³/mol. The summed E-state index contributed by atoms with van der Waals surface area (Å²) in [7, 11) is 3.69. The maximum absolute atomic E-state index is 6.23. The first-order chi connectivity index (χ1) is 14.7. The molecular weight excluding hydrogens is 412 g/mol. The van der Waals surface area contributed by atoms with Gasteiger partial charge in [-0.1, -0.05) is 58.0 Å². The monoisotopic (exact) mass is 448 g/mol. The summed E-state index contributed by atoms with van der Waals surface area (Å²) in [6, 6.07) is 20.4. The Bertz CT molecular complexity index is 589. The van der Waals surface area contributed by atoms with Gasteiger partial charge >= 0.3 is 0 Å². The molecule has 2 aromatic carbocycles. The van der Waals surface area contributed by atoms with E-state index in [9.17, 15) is 0 Å². The zero-order valence-corrected chi connectivity index (χ0v) is 19.4. The standard InChI is InChI=1S/C24H36N2O2S2/c25-21(11-7-9-17-27-23-13-3-1-4-14-23)19-29-30-20-22(26)12-8-10-18-28-24-15-5-2-6-16-24/h1-6,13-16,21-22H,7-12,17-20,25-26H2/t21-,22-/m0/s1. The van der Waals surface area contributed by atoms with Crippen molar-refractivity contribution in [1.29, 1.82) is 0 Å². The van der Waals surface area contributed by atoms with Crippen LogP contribution >= 0.6 is 21.6 Å². The Labute approximate surface area is 189 Å². The van der Waals surface area contributed by atoms with Crippen molar-refractivity contribution in [3.63, 3.8) is 0 Å². The van der Waals surface area contributed by atoms with Crippen LogP contribution in [0.3, 0.4) is 0 Å². The first kappa shape index (κ1) is 24.9. The Morgan fingerprint density at radius 3 is 1.40 bits per heavy atom. The van der Waals surface area contributed by atoms with Gasteiger partial charge in [0.2, 0.25) is 0 Å². The third-order valence-corrected chi connectivity index (χ3v) is 7.22. The van der Waals surface area contributed by atoms with Gasteiger partial charge in [0.25, 0.3) is 0 Å². The number of unbranched alkanes of at least 4 members (excludes halogenated alkanes) is 2. The summed E-state index contributed by atoms with van der Waals surface area (Å²) in [5.41, 5.74) is 12.5. The van der Waals surface area contributed by atoms with Gasteiger partial charge in [0.05, 0.1) is 13.2 Å². The van der Waals surface area contributed by atoms with Crippen LogP contribution in [0.25, 0.3) is 0 Å². The van der Waals surface area contributed by atoms with E-state index < -0.39 is 0 Å². The fourth-order valence-electron chi connectivity index (χ4n) is 2.87. The molecule has 4 N–H and O–H groups in total. The second-order valence-corrected chi connectivity index (χ2v) is 9.96. The molecule has 0 aliphatic rings. The molecule has 6 heteroatoms. The molecule has 0 saturated heterocycles. The molecule has 0 aliphatic carbocycles. The highest BCUT2D eigenvalue weighted by molar-refractivity contribution is 8.76. The molecule has 0 saturated carbocycles. The van der Waals surface area contributed by atoms with Gasteiger partial charge in [-0.3, -0.25) is 0 Å². The second kappa shape index (κ2) is 16.4. The molecule has 2 rings (SSSR count). The van der Waals surface area contributed by atoms with Crippen LogP contribution in [0.15, 0.2) is 60.7 Å². The molecule has 0 radical (unpaired) electrons. The van der Waals surface area contributed by atoms with Crippen molar-refractivity contribution in [3.05, 3.63) is 60.7 Å². The number of hydrogen-bond acceptors (Lipinski definition) is 6. The van der Waals surface area contributed by atoms with E-state index in [1.54, 1.807) is 0 Å². The molecule has 0 fully saturated rings. The summed E-state index contributed by atoms with van der Waals surface area (Å²) >= 11 is 0. The molecule has 0 bridgehead atoms. The topological polar surface area (TPSA) is 70.5 Å². The van der Waals surface area contributed by atoms with E-state index >= 15 is 0 Å². The molecule has 2 atom stereocenters. The van der Waals surface area contributed by atoms with Crippen LogP contribution in [0.1, 0.15) is 38.5 Å². The summed E-state index contributed by atoms with van der Waals surface area (Å²) < 4.78 is 11.4. The molecule has 2 aromatic rings. The second-order valence-electron chi connectivity index (χ2n) is 7.40. The smallest absolute Gasteiger partial charge is 0.119 e. The Balaban J connectivity index is 1.36. The quantitative estimate of drug-likeness (QED) is 0.245. The maximum atomic E-state index is 6.23. The largest absolute Gasteiger partial charge is 0.494 e. The lowest BCUT2D eigenvalue weighted by molar-refractivity contribution is 0.303. The van der Waals surface area contributed by atoms with E-state index in [1.165, 1.54) is 0 Å². The fourth-order valence-corrected chi connectivity index (χ4v) is 5.37. The number of para-hydroxylation sites is 2. The lowest BCUT2D eigenvalue weighted by atomic mass is 10.1. The summed E-state index contributed by atoms with van der Waals surface area (Å²) in [5, 5.41) is 0. The molecule has 0 aromatic heterocycles. The van der Waals surface area contributed by atoms with Crippen LogP contribution in [0.4, 0.5) is 0 Å². The lowest BCUT2D eigenvalue weighted by Crippen LogP contribution is -2.24. The molecular formula is C24H36N2O2S2. The van der Waals surface area contributed by atoms with Gasteiger partial charge in [-0.25, -0.2) is 0 Å². The highest BCUT2D eigenvalue weighted by Gasteiger charge is 2.06. The van der Waals surface area contributed by atoms with Gasteiger partial charge < -0.3 is 20.9 Å². The highest BCUT2D eigenvalue weighted by Crippen LogP contribution is 2.24. The van der Waals surface area contributed by atoms with E-state index in [-0.39, 0.29) is 12.1 Å². The fraction of sp³-hybridized carbons (Fsp3) is 0.500. The minimum absolute atomic E-state index is 0.241. The molecule has 0 amide bonds. The van der Waals surface area contributed by atoms with E-state index in [2.05, 4.69) is 0 Å². The van der Waals surface area contributed by atoms with Crippen LogP contribution < -0.4 is 20.9 Å². The van der Waals surface area contributed by atoms with Crippen LogP contribution in [-0.2, 0) is 0 Å². The number of hydrogen-bond donors (Lipinski definition) is 2. The minimum Gasteiger partial charge on any atom is -0.494 e. The third-order valence-electron chi connectivity index (χ3n) is 4.61. The van der Waals surface area contributed by atoms with Gasteiger partial charge in [-0.2, -0.15) is 0 Å². The van der Waals surface area contributed by atoms with E-state index in [4.69, 9.17) is 20.9 Å². The van der Waals surface area contributed by atoms with E-state index in [0.717, 1.165) is 74.7 Å². The van der Waals surface area contributed by atoms with Gasteiger partial charge in [0.1, 0.15) is 11.5 Å². The van der Waals surface area contributed by atoms with Crippen molar-refractivity contribution in [2.24, 2.45) is 11.5 Å². The zero-order valence-electron chi connectivity index (χ0n) is 17.8. The number of benzene rings is 2. The van der Waals surface area contributed by atoms with Crippen molar-refractivity contribution in [1.82, 2.24) is 0 Å². The van der Waals surface area contributed by atoms with Gasteiger partial charge in [0, 0.05) is 23.6 Å². The van der Waals surface area contributed by atoms with Gasteiger partial charge in [0.15, 0.2) is 0 Å². The minimum atomic E-state index is 0.241. The van der Waals surface area contributed by atoms with E-state index in [1.807, 2.05) is 82.3 Å². The summed E-state index contributed by atoms with van der Waals surface area (Å²) in [6.45, 7) is 1.51. The van der Waals surface area contributed by atoms with Crippen molar-refractivity contribution < 1.29 is 9.47 Å². The summed E-state index contributed by atoms with van der Waals surface area (Å²) in [6.07, 6.45) is 6.37. The Kier molecular flexibility index (Phi) is 13.6. The normalized spacial score (nSPS) is 13.0. The first-order valence-corrected chi connectivity index (χ1v) is 13.3. The van der Waals surface area contributed by atoms with Crippen molar-refractivity contribution >= 4 is 21.6 Å². The van der Waals surface area contributed by atoms with Crippen LogP contribution in [-0.4, -0.2) is 36.8 Å². The number of ether oxygens (including phenoxy) is 2. The average Bonchev–Trinajstić information content (AvgIpc) is 2.78. The van der Waals surface area contributed by atoms with Crippen molar-refractivity contribution in [2.45, 2.75) is 50.6 Å². The summed E-state index contributed by atoms with van der Waals surface area (Å²) in [4.78, 5) is 0. The first-order valence-electron chi connectivity index (χ1n) is 10.9. The van der Waals surface area contributed by atoms with Crippen LogP contribution in [0, 0.1) is 0 Å². The SMILES string of the molecule is N[C@@H](CCCCOc1ccccc1)CSSC[C@@H](N)CCCCOc1ccccc1. The van der Waals surface area contributed by atoms with Crippen LogP contribution in [0.2, 0.25) is 0 Å². The zero-order chi connectivity index (χ0) is 21.3. The number of rotatable bonds is 17.